The van der Waals surface area contributed by atoms with Gasteiger partial charge >= 0.3 is 0 Å². The second-order valence-electron chi connectivity index (χ2n) is 13.9. The molecule has 4 heteroatoms. The van der Waals surface area contributed by atoms with Crippen LogP contribution in [-0.4, -0.2) is 49.5 Å². The van der Waals surface area contributed by atoms with Gasteiger partial charge in [-0.1, -0.05) is 147 Å². The molecule has 0 saturated carbocycles. The molecule has 270 valence electrons. The largest absolute Gasteiger partial charge is 0.309 e. The summed E-state index contributed by atoms with van der Waals surface area (Å²) in [6, 6.07) is 0. The molecule has 0 saturated heterocycles. The van der Waals surface area contributed by atoms with Crippen LogP contribution in [0.5, 0.6) is 0 Å². The van der Waals surface area contributed by atoms with Crippen LogP contribution in [0.1, 0.15) is 194 Å². The second-order valence-corrected chi connectivity index (χ2v) is 13.9. The summed E-state index contributed by atoms with van der Waals surface area (Å²) in [6.07, 6.45) is 49.4. The highest BCUT2D eigenvalue weighted by Crippen LogP contribution is 2.11. The molecule has 0 rings (SSSR count). The highest BCUT2D eigenvalue weighted by atomic mass is 16.2. The number of hydrogen-bond donors (Lipinski definition) is 1. The lowest BCUT2D eigenvalue weighted by Gasteiger charge is -2.24. The molecular formula is C42H81N3O. The monoisotopic (exact) mass is 644 g/mol. The lowest BCUT2D eigenvalue weighted by atomic mass is 10.1. The Kier molecular flexibility index (Phi) is 36.9. The number of hydrazine groups is 1. The average molecular weight is 644 g/mol. The zero-order valence-electron chi connectivity index (χ0n) is 31.7. The predicted molar refractivity (Wildman–Crippen MR) is 206 cm³/mol. The van der Waals surface area contributed by atoms with Crippen molar-refractivity contribution >= 4 is 5.91 Å². The van der Waals surface area contributed by atoms with Crippen LogP contribution in [0.2, 0.25) is 0 Å². The van der Waals surface area contributed by atoms with Gasteiger partial charge in [-0.05, 0) is 97.7 Å². The van der Waals surface area contributed by atoms with Crippen LogP contribution in [-0.2, 0) is 4.79 Å². The summed E-state index contributed by atoms with van der Waals surface area (Å²) >= 11 is 0. The Labute approximate surface area is 289 Å². The van der Waals surface area contributed by atoms with Crippen LogP contribution in [0.3, 0.4) is 0 Å². The van der Waals surface area contributed by atoms with Gasteiger partial charge in [0.25, 0.3) is 0 Å². The van der Waals surface area contributed by atoms with Gasteiger partial charge in [0, 0.05) is 19.5 Å². The van der Waals surface area contributed by atoms with Crippen LogP contribution in [0, 0.1) is 0 Å². The van der Waals surface area contributed by atoms with Crippen LogP contribution in [0.15, 0.2) is 36.5 Å². The van der Waals surface area contributed by atoms with E-state index in [0.29, 0.717) is 6.42 Å². The highest BCUT2D eigenvalue weighted by molar-refractivity contribution is 5.75. The Morgan fingerprint density at radius 3 is 1.41 bits per heavy atom. The molecule has 1 amide bonds. The first kappa shape index (κ1) is 44.6. The van der Waals surface area contributed by atoms with Crippen molar-refractivity contribution in [2.24, 2.45) is 0 Å². The molecule has 0 fully saturated rings. The van der Waals surface area contributed by atoms with Crippen molar-refractivity contribution in [2.75, 3.05) is 33.7 Å². The van der Waals surface area contributed by atoms with Gasteiger partial charge in [-0.15, -0.1) is 0 Å². The number of unbranched alkanes of at least 4 members (excludes halogenated alkanes) is 21. The zero-order chi connectivity index (χ0) is 33.6. The van der Waals surface area contributed by atoms with Crippen molar-refractivity contribution < 1.29 is 4.79 Å². The molecule has 0 bridgehead atoms. The SMILES string of the molecule is CCCCC/C=C\C/C=C\CCCCCCCCN(NCCCCCCCC/C=C\CCCCCCCC)C(=O)CCCN(C)C. The van der Waals surface area contributed by atoms with E-state index in [1.54, 1.807) is 0 Å². The Morgan fingerprint density at radius 1 is 0.478 bits per heavy atom. The minimum Gasteiger partial charge on any atom is -0.309 e. The zero-order valence-corrected chi connectivity index (χ0v) is 31.7. The lowest BCUT2D eigenvalue weighted by Crippen LogP contribution is -2.44. The van der Waals surface area contributed by atoms with Crippen molar-refractivity contribution in [1.82, 2.24) is 15.3 Å². The summed E-state index contributed by atoms with van der Waals surface area (Å²) < 4.78 is 0. The quantitative estimate of drug-likeness (QED) is 0.0419. The van der Waals surface area contributed by atoms with Gasteiger partial charge in [0.05, 0.1) is 0 Å². The number of carbonyl (C=O) groups excluding carboxylic acids is 1. The summed E-state index contributed by atoms with van der Waals surface area (Å²) in [5.41, 5.74) is 3.51. The predicted octanol–water partition coefficient (Wildman–Crippen LogP) is 12.5. The van der Waals surface area contributed by atoms with E-state index in [1.165, 1.54) is 148 Å². The van der Waals surface area contributed by atoms with E-state index in [-0.39, 0.29) is 5.91 Å². The van der Waals surface area contributed by atoms with Gasteiger partial charge in [0.1, 0.15) is 0 Å². The molecule has 1 N–H and O–H groups in total. The van der Waals surface area contributed by atoms with Gasteiger partial charge in [-0.2, -0.15) is 0 Å². The Morgan fingerprint density at radius 2 is 0.891 bits per heavy atom. The topological polar surface area (TPSA) is 35.6 Å². The Bertz CT molecular complexity index is 699. The average Bonchev–Trinajstić information content (AvgIpc) is 3.04. The fourth-order valence-corrected chi connectivity index (χ4v) is 5.82. The Balaban J connectivity index is 3.92. The molecular weight excluding hydrogens is 562 g/mol. The van der Waals surface area contributed by atoms with E-state index >= 15 is 0 Å². The fourth-order valence-electron chi connectivity index (χ4n) is 5.82. The second kappa shape index (κ2) is 38.1. The standard InChI is InChI=1S/C42H81N3O/c1-5-7-9-11-13-15-17-19-21-23-25-27-29-31-33-35-39-43-45(42(46)38-37-40-44(3)4)41-36-34-32-30-28-26-24-22-20-18-16-14-12-10-8-6-2/h14,16,19-22,43H,5-13,15,17-18,23-41H2,1-4H3/b16-14-,21-19-,22-20-. The molecule has 0 aliphatic heterocycles. The maximum atomic E-state index is 12.9. The molecule has 0 aromatic rings. The van der Waals surface area contributed by atoms with E-state index < -0.39 is 0 Å². The first-order chi connectivity index (χ1) is 22.6. The number of carbonyl (C=O) groups is 1. The van der Waals surface area contributed by atoms with E-state index in [4.69, 9.17) is 0 Å². The Hall–Kier alpha value is -1.39. The molecule has 0 aliphatic rings. The number of rotatable bonds is 36. The first-order valence-corrected chi connectivity index (χ1v) is 20.2. The summed E-state index contributed by atoms with van der Waals surface area (Å²) in [5, 5.41) is 1.95. The number of amides is 1. The molecule has 0 heterocycles. The maximum Gasteiger partial charge on any atom is 0.236 e. The third-order valence-electron chi connectivity index (χ3n) is 8.87. The number of hydrogen-bond acceptors (Lipinski definition) is 3. The normalized spacial score (nSPS) is 12.1. The molecule has 0 aliphatic carbocycles. The molecule has 0 atom stereocenters. The van der Waals surface area contributed by atoms with Crippen molar-refractivity contribution in [3.8, 4) is 0 Å². The molecule has 0 aromatic carbocycles. The fraction of sp³-hybridized carbons (Fsp3) is 0.833. The van der Waals surface area contributed by atoms with Gasteiger partial charge in [0.15, 0.2) is 0 Å². The van der Waals surface area contributed by atoms with Gasteiger partial charge < -0.3 is 4.90 Å². The third kappa shape index (κ3) is 35.5. The highest BCUT2D eigenvalue weighted by Gasteiger charge is 2.12. The summed E-state index contributed by atoms with van der Waals surface area (Å²) in [6.45, 7) is 7.29. The lowest BCUT2D eigenvalue weighted by molar-refractivity contribution is -0.134. The minimum atomic E-state index is 0.272. The maximum absolute atomic E-state index is 12.9. The number of nitrogens with one attached hydrogen (secondary N) is 1. The van der Waals surface area contributed by atoms with E-state index in [0.717, 1.165) is 45.3 Å². The molecule has 0 aromatic heterocycles. The summed E-state index contributed by atoms with van der Waals surface area (Å²) in [5.74, 6) is 0.272. The number of allylic oxidation sites excluding steroid dienone is 6. The van der Waals surface area contributed by atoms with Crippen molar-refractivity contribution in [3.05, 3.63) is 36.5 Å². The summed E-state index contributed by atoms with van der Waals surface area (Å²) in [4.78, 5) is 15.1. The van der Waals surface area contributed by atoms with Crippen molar-refractivity contribution in [1.29, 1.82) is 0 Å². The molecule has 0 spiro atoms. The van der Waals surface area contributed by atoms with Crippen LogP contribution < -0.4 is 5.43 Å². The van der Waals surface area contributed by atoms with Gasteiger partial charge in [0.2, 0.25) is 5.91 Å². The van der Waals surface area contributed by atoms with Crippen LogP contribution >= 0.6 is 0 Å². The van der Waals surface area contributed by atoms with Gasteiger partial charge in [-0.25, -0.2) is 5.43 Å². The van der Waals surface area contributed by atoms with Gasteiger partial charge in [-0.3, -0.25) is 9.80 Å². The first-order valence-electron chi connectivity index (χ1n) is 20.2. The summed E-state index contributed by atoms with van der Waals surface area (Å²) in [7, 11) is 4.16. The molecule has 0 unspecified atom stereocenters. The molecule has 0 radical (unpaired) electrons. The van der Waals surface area contributed by atoms with Crippen molar-refractivity contribution in [3.63, 3.8) is 0 Å². The van der Waals surface area contributed by atoms with E-state index in [2.05, 4.69) is 74.7 Å². The number of nitrogens with zero attached hydrogens (tertiary/aromatic N) is 2. The van der Waals surface area contributed by atoms with E-state index in [1.807, 2.05) is 5.01 Å². The van der Waals surface area contributed by atoms with Crippen molar-refractivity contribution in [2.45, 2.75) is 194 Å². The van der Waals surface area contributed by atoms with Crippen LogP contribution in [0.25, 0.3) is 0 Å². The third-order valence-corrected chi connectivity index (χ3v) is 8.87. The van der Waals surface area contributed by atoms with E-state index in [9.17, 15) is 4.79 Å². The smallest absolute Gasteiger partial charge is 0.236 e. The molecule has 4 nitrogen and oxygen atoms in total. The minimum absolute atomic E-state index is 0.272. The van der Waals surface area contributed by atoms with Crippen LogP contribution in [0.4, 0.5) is 0 Å². The molecule has 46 heavy (non-hydrogen) atoms.